The van der Waals surface area contributed by atoms with Gasteiger partial charge in [-0.05, 0) is 39.4 Å². The standard InChI is InChI=1S/C12H21N5O2S/c1-17(2)12(5-3-6-12)9-15-20(18,19)11-8-14-7-4-10(11)16-13/h4,7-8,15H,3,5-6,9,13H2,1-2H3,(H,14,16). The van der Waals surface area contributed by atoms with Gasteiger partial charge in [-0.1, -0.05) is 0 Å². The summed E-state index contributed by atoms with van der Waals surface area (Å²) in [5, 5.41) is 0. The number of nitrogens with one attached hydrogen (secondary N) is 2. The van der Waals surface area contributed by atoms with Crippen LogP contribution in [0.5, 0.6) is 0 Å². The molecule has 2 rings (SSSR count). The van der Waals surface area contributed by atoms with Crippen molar-refractivity contribution in [1.82, 2.24) is 14.6 Å². The van der Waals surface area contributed by atoms with E-state index in [9.17, 15) is 8.42 Å². The summed E-state index contributed by atoms with van der Waals surface area (Å²) < 4.78 is 27.4. The molecule has 1 saturated carbocycles. The molecule has 20 heavy (non-hydrogen) atoms. The van der Waals surface area contributed by atoms with E-state index in [0.29, 0.717) is 12.2 Å². The summed E-state index contributed by atoms with van der Waals surface area (Å²) in [5.74, 6) is 5.34. The van der Waals surface area contributed by atoms with Gasteiger partial charge in [0.1, 0.15) is 4.90 Å². The highest BCUT2D eigenvalue weighted by molar-refractivity contribution is 7.89. The summed E-state index contributed by atoms with van der Waals surface area (Å²) in [6, 6.07) is 1.53. The quantitative estimate of drug-likeness (QED) is 0.510. The van der Waals surface area contributed by atoms with Crippen molar-refractivity contribution >= 4 is 15.7 Å². The van der Waals surface area contributed by atoms with Gasteiger partial charge in [-0.2, -0.15) is 0 Å². The van der Waals surface area contributed by atoms with Gasteiger partial charge in [0.05, 0.1) is 5.69 Å². The number of likely N-dealkylation sites (N-methyl/N-ethyl adjacent to an activating group) is 1. The number of sulfonamides is 1. The molecule has 1 aromatic rings. The number of rotatable bonds is 6. The Hall–Kier alpha value is -1.22. The Morgan fingerprint density at radius 2 is 2.15 bits per heavy atom. The lowest BCUT2D eigenvalue weighted by molar-refractivity contribution is 0.0657. The van der Waals surface area contributed by atoms with E-state index in [0.717, 1.165) is 19.3 Å². The smallest absolute Gasteiger partial charge is 0.244 e. The van der Waals surface area contributed by atoms with E-state index in [2.05, 4.69) is 20.0 Å². The third-order valence-corrected chi connectivity index (χ3v) is 5.48. The summed E-state index contributed by atoms with van der Waals surface area (Å²) in [6.45, 7) is 0.390. The first-order valence-electron chi connectivity index (χ1n) is 6.49. The molecule has 0 aromatic carbocycles. The van der Waals surface area contributed by atoms with E-state index in [1.807, 2.05) is 14.1 Å². The Kier molecular flexibility index (Phi) is 4.28. The first-order valence-corrected chi connectivity index (χ1v) is 7.97. The molecule has 0 saturated heterocycles. The van der Waals surface area contributed by atoms with Crippen molar-refractivity contribution in [3.8, 4) is 0 Å². The van der Waals surface area contributed by atoms with Crippen LogP contribution in [0.15, 0.2) is 23.4 Å². The minimum atomic E-state index is -3.63. The molecule has 0 bridgehead atoms. The van der Waals surface area contributed by atoms with Crippen LogP contribution in [0.1, 0.15) is 19.3 Å². The van der Waals surface area contributed by atoms with Crippen LogP contribution < -0.4 is 16.0 Å². The monoisotopic (exact) mass is 299 g/mol. The van der Waals surface area contributed by atoms with Crippen molar-refractivity contribution in [2.75, 3.05) is 26.1 Å². The molecule has 0 aliphatic heterocycles. The Bertz CT molecular complexity index is 569. The van der Waals surface area contributed by atoms with E-state index >= 15 is 0 Å². The van der Waals surface area contributed by atoms with Crippen LogP contribution in [0.4, 0.5) is 5.69 Å². The van der Waals surface area contributed by atoms with Crippen LogP contribution in [0.3, 0.4) is 0 Å². The lowest BCUT2D eigenvalue weighted by atomic mass is 9.76. The molecule has 0 atom stereocenters. The molecule has 0 unspecified atom stereocenters. The maximum absolute atomic E-state index is 12.4. The molecule has 1 heterocycles. The van der Waals surface area contributed by atoms with E-state index in [4.69, 9.17) is 5.84 Å². The van der Waals surface area contributed by atoms with E-state index in [1.165, 1.54) is 18.5 Å². The van der Waals surface area contributed by atoms with Gasteiger partial charge in [-0.3, -0.25) is 10.8 Å². The fraction of sp³-hybridized carbons (Fsp3) is 0.583. The lowest BCUT2D eigenvalue weighted by Gasteiger charge is -2.47. The van der Waals surface area contributed by atoms with Gasteiger partial charge in [0.25, 0.3) is 0 Å². The van der Waals surface area contributed by atoms with Crippen LogP contribution in [0.2, 0.25) is 0 Å². The van der Waals surface area contributed by atoms with E-state index < -0.39 is 10.0 Å². The van der Waals surface area contributed by atoms with Gasteiger partial charge < -0.3 is 10.3 Å². The zero-order valence-electron chi connectivity index (χ0n) is 11.8. The first-order chi connectivity index (χ1) is 9.41. The van der Waals surface area contributed by atoms with Crippen LogP contribution >= 0.6 is 0 Å². The Morgan fingerprint density at radius 1 is 1.45 bits per heavy atom. The molecule has 1 aliphatic rings. The third-order valence-electron chi connectivity index (χ3n) is 4.05. The summed E-state index contributed by atoms with van der Waals surface area (Å²) in [6.07, 6.45) is 5.90. The molecule has 1 fully saturated rings. The SMILES string of the molecule is CN(C)C1(CNS(=O)(=O)c2cnccc2NN)CCC1. The van der Waals surface area contributed by atoms with Gasteiger partial charge in [0.2, 0.25) is 10.0 Å². The molecule has 8 heteroatoms. The molecule has 0 spiro atoms. The van der Waals surface area contributed by atoms with Crippen molar-refractivity contribution in [3.63, 3.8) is 0 Å². The van der Waals surface area contributed by atoms with Crippen molar-refractivity contribution < 1.29 is 8.42 Å². The van der Waals surface area contributed by atoms with Crippen LogP contribution in [-0.2, 0) is 10.0 Å². The highest BCUT2D eigenvalue weighted by Gasteiger charge is 2.40. The number of hydrogen-bond donors (Lipinski definition) is 3. The van der Waals surface area contributed by atoms with E-state index in [1.54, 1.807) is 0 Å². The number of pyridine rings is 1. The van der Waals surface area contributed by atoms with Crippen molar-refractivity contribution in [1.29, 1.82) is 0 Å². The topological polar surface area (TPSA) is 100 Å². The highest BCUT2D eigenvalue weighted by atomic mass is 32.2. The number of aromatic nitrogens is 1. The molecule has 7 nitrogen and oxygen atoms in total. The number of hydrogen-bond acceptors (Lipinski definition) is 6. The second kappa shape index (κ2) is 5.65. The lowest BCUT2D eigenvalue weighted by Crippen LogP contribution is -2.57. The normalized spacial score (nSPS) is 17.8. The molecular formula is C12H21N5O2S. The highest BCUT2D eigenvalue weighted by Crippen LogP contribution is 2.35. The third kappa shape index (κ3) is 2.78. The molecule has 112 valence electrons. The predicted molar refractivity (Wildman–Crippen MR) is 77.5 cm³/mol. The minimum Gasteiger partial charge on any atom is -0.323 e. The predicted octanol–water partition coefficient (Wildman–Crippen LogP) is 0.130. The maximum atomic E-state index is 12.4. The fourth-order valence-corrected chi connectivity index (χ4v) is 3.62. The van der Waals surface area contributed by atoms with Gasteiger partial charge >= 0.3 is 0 Å². The number of nitrogen functional groups attached to an aromatic ring is 1. The minimum absolute atomic E-state index is 0.0655. The van der Waals surface area contributed by atoms with Crippen molar-refractivity contribution in [3.05, 3.63) is 18.5 Å². The average molecular weight is 299 g/mol. The Labute approximate surface area is 119 Å². The Morgan fingerprint density at radius 3 is 2.65 bits per heavy atom. The van der Waals surface area contributed by atoms with Gasteiger partial charge in [-0.25, -0.2) is 13.1 Å². The Balaban J connectivity index is 2.16. The zero-order chi connectivity index (χ0) is 14.8. The molecular weight excluding hydrogens is 278 g/mol. The first kappa shape index (κ1) is 15.2. The number of anilines is 1. The maximum Gasteiger partial charge on any atom is 0.244 e. The second-order valence-electron chi connectivity index (χ2n) is 5.31. The molecule has 1 aliphatic carbocycles. The van der Waals surface area contributed by atoms with Gasteiger partial charge in [-0.15, -0.1) is 0 Å². The number of hydrazine groups is 1. The summed E-state index contributed by atoms with van der Waals surface area (Å²) in [7, 11) is 0.326. The van der Waals surface area contributed by atoms with Crippen LogP contribution in [-0.4, -0.2) is 44.5 Å². The molecule has 0 amide bonds. The fourth-order valence-electron chi connectivity index (χ4n) is 2.39. The molecule has 0 radical (unpaired) electrons. The summed E-state index contributed by atoms with van der Waals surface area (Å²) in [5.41, 5.74) is 2.64. The van der Waals surface area contributed by atoms with Crippen molar-refractivity contribution in [2.24, 2.45) is 5.84 Å². The van der Waals surface area contributed by atoms with E-state index in [-0.39, 0.29) is 10.4 Å². The second-order valence-corrected chi connectivity index (χ2v) is 7.05. The van der Waals surface area contributed by atoms with Gasteiger partial charge in [0, 0.05) is 24.5 Å². The molecule has 4 N–H and O–H groups in total. The van der Waals surface area contributed by atoms with Crippen molar-refractivity contribution in [2.45, 2.75) is 29.7 Å². The van der Waals surface area contributed by atoms with Crippen LogP contribution in [0.25, 0.3) is 0 Å². The zero-order valence-corrected chi connectivity index (χ0v) is 12.6. The molecule has 1 aromatic heterocycles. The number of nitrogens with two attached hydrogens (primary N) is 1. The average Bonchev–Trinajstić information content (AvgIpc) is 2.37. The van der Waals surface area contributed by atoms with Crippen LogP contribution in [0, 0.1) is 0 Å². The number of nitrogens with zero attached hydrogens (tertiary/aromatic N) is 2. The van der Waals surface area contributed by atoms with Gasteiger partial charge in [0.15, 0.2) is 0 Å². The largest absolute Gasteiger partial charge is 0.323 e. The summed E-state index contributed by atoms with van der Waals surface area (Å²) >= 11 is 0. The summed E-state index contributed by atoms with van der Waals surface area (Å²) in [4.78, 5) is 6.00.